The molecule has 2 heterocycles. The maximum Gasteiger partial charge on any atom is 0.134 e. The summed E-state index contributed by atoms with van der Waals surface area (Å²) < 4.78 is 1.11. The zero-order chi connectivity index (χ0) is 13.2. The van der Waals surface area contributed by atoms with Gasteiger partial charge in [0.05, 0.1) is 5.69 Å². The third-order valence-electron chi connectivity index (χ3n) is 3.13. The number of hydrogen-bond donors (Lipinski definition) is 1. The van der Waals surface area contributed by atoms with Crippen LogP contribution in [-0.2, 0) is 0 Å². The average Bonchev–Trinajstić information content (AvgIpc) is 3.18. The number of hydrogen-bond acceptors (Lipinski definition) is 4. The fourth-order valence-electron chi connectivity index (χ4n) is 1.94. The number of anilines is 1. The van der Waals surface area contributed by atoms with Crippen LogP contribution >= 0.6 is 27.3 Å². The number of rotatable bonds is 5. The Morgan fingerprint density at radius 3 is 2.84 bits per heavy atom. The minimum absolute atomic E-state index is 0.569. The van der Waals surface area contributed by atoms with Gasteiger partial charge in [-0.05, 0) is 35.2 Å². The predicted molar refractivity (Wildman–Crippen MR) is 83.8 cm³/mol. The highest BCUT2D eigenvalue weighted by molar-refractivity contribution is 9.10. The molecular formula is C14H16BrN3S. The molecule has 0 unspecified atom stereocenters. The summed E-state index contributed by atoms with van der Waals surface area (Å²) in [5.41, 5.74) is 2.18. The van der Waals surface area contributed by atoms with Gasteiger partial charge in [0.2, 0.25) is 0 Å². The van der Waals surface area contributed by atoms with Crippen molar-refractivity contribution in [2.45, 2.75) is 32.1 Å². The summed E-state index contributed by atoms with van der Waals surface area (Å²) in [6.45, 7) is 3.11. The van der Waals surface area contributed by atoms with Gasteiger partial charge in [-0.2, -0.15) is 11.3 Å². The molecule has 0 spiro atoms. The molecule has 5 heteroatoms. The van der Waals surface area contributed by atoms with Crippen molar-refractivity contribution < 1.29 is 0 Å². The summed E-state index contributed by atoms with van der Waals surface area (Å²) in [5, 5.41) is 7.60. The van der Waals surface area contributed by atoms with Gasteiger partial charge in [-0.1, -0.05) is 6.92 Å². The van der Waals surface area contributed by atoms with E-state index in [0.717, 1.165) is 40.3 Å². The Kier molecular flexibility index (Phi) is 3.84. The van der Waals surface area contributed by atoms with E-state index in [1.54, 1.807) is 11.3 Å². The van der Waals surface area contributed by atoms with E-state index in [0.29, 0.717) is 5.92 Å². The molecule has 0 radical (unpaired) electrons. The SMILES string of the molecule is CCCNc1cc(-c2cscc2Br)nc(C2CC2)n1. The van der Waals surface area contributed by atoms with E-state index in [2.05, 4.69) is 43.9 Å². The summed E-state index contributed by atoms with van der Waals surface area (Å²) in [7, 11) is 0. The Hall–Kier alpha value is -0.940. The largest absolute Gasteiger partial charge is 0.370 e. The first-order valence-electron chi connectivity index (χ1n) is 6.63. The van der Waals surface area contributed by atoms with Crippen LogP contribution in [0, 0.1) is 0 Å². The highest BCUT2D eigenvalue weighted by Gasteiger charge is 2.27. The highest BCUT2D eigenvalue weighted by Crippen LogP contribution is 2.40. The van der Waals surface area contributed by atoms with Gasteiger partial charge in [0.25, 0.3) is 0 Å². The molecule has 2 aromatic rings. The van der Waals surface area contributed by atoms with E-state index in [1.807, 2.05) is 6.07 Å². The number of nitrogens with zero attached hydrogens (tertiary/aromatic N) is 2. The topological polar surface area (TPSA) is 37.8 Å². The molecule has 1 N–H and O–H groups in total. The number of aromatic nitrogens is 2. The van der Waals surface area contributed by atoms with Gasteiger partial charge in [0.1, 0.15) is 11.6 Å². The van der Waals surface area contributed by atoms with Crippen molar-refractivity contribution in [2.24, 2.45) is 0 Å². The molecule has 0 amide bonds. The molecule has 1 aliphatic rings. The normalized spacial score (nSPS) is 14.6. The van der Waals surface area contributed by atoms with Crippen LogP contribution in [0.5, 0.6) is 0 Å². The van der Waals surface area contributed by atoms with Crippen molar-refractivity contribution in [3.8, 4) is 11.3 Å². The zero-order valence-corrected chi connectivity index (χ0v) is 13.2. The molecule has 3 rings (SSSR count). The molecule has 0 bridgehead atoms. The number of nitrogens with one attached hydrogen (secondary N) is 1. The van der Waals surface area contributed by atoms with Crippen LogP contribution in [-0.4, -0.2) is 16.5 Å². The molecule has 19 heavy (non-hydrogen) atoms. The zero-order valence-electron chi connectivity index (χ0n) is 10.8. The van der Waals surface area contributed by atoms with Crippen LogP contribution in [0.15, 0.2) is 21.3 Å². The van der Waals surface area contributed by atoms with Crippen LogP contribution in [0.2, 0.25) is 0 Å². The molecule has 1 saturated carbocycles. The van der Waals surface area contributed by atoms with Crippen LogP contribution < -0.4 is 5.32 Å². The lowest BCUT2D eigenvalue weighted by Crippen LogP contribution is -2.05. The molecule has 1 fully saturated rings. The Morgan fingerprint density at radius 2 is 2.21 bits per heavy atom. The predicted octanol–water partition coefficient (Wildman–Crippen LogP) is 4.67. The third-order valence-corrected chi connectivity index (χ3v) is 4.84. The van der Waals surface area contributed by atoms with Gasteiger partial charge in [-0.3, -0.25) is 0 Å². The van der Waals surface area contributed by atoms with E-state index in [9.17, 15) is 0 Å². The lowest BCUT2D eigenvalue weighted by molar-refractivity contribution is 0.911. The van der Waals surface area contributed by atoms with Crippen LogP contribution in [0.1, 0.15) is 37.9 Å². The molecule has 100 valence electrons. The Labute approximate surface area is 125 Å². The maximum atomic E-state index is 4.73. The second-order valence-electron chi connectivity index (χ2n) is 4.83. The van der Waals surface area contributed by atoms with Crippen LogP contribution in [0.25, 0.3) is 11.3 Å². The summed E-state index contributed by atoms with van der Waals surface area (Å²) in [6.07, 6.45) is 3.54. The summed E-state index contributed by atoms with van der Waals surface area (Å²) >= 11 is 5.27. The van der Waals surface area contributed by atoms with E-state index >= 15 is 0 Å². The van der Waals surface area contributed by atoms with Gasteiger partial charge in [-0.25, -0.2) is 9.97 Å². The lowest BCUT2D eigenvalue weighted by atomic mass is 10.2. The fourth-order valence-corrected chi connectivity index (χ4v) is 3.43. The van der Waals surface area contributed by atoms with Crippen molar-refractivity contribution in [1.29, 1.82) is 0 Å². The van der Waals surface area contributed by atoms with E-state index in [-0.39, 0.29) is 0 Å². The van der Waals surface area contributed by atoms with E-state index in [1.165, 1.54) is 12.8 Å². The molecular weight excluding hydrogens is 322 g/mol. The summed E-state index contributed by atoms with van der Waals surface area (Å²) in [5.74, 6) is 2.51. The Balaban J connectivity index is 1.98. The second-order valence-corrected chi connectivity index (χ2v) is 6.43. The molecule has 2 aromatic heterocycles. The first-order valence-corrected chi connectivity index (χ1v) is 8.36. The van der Waals surface area contributed by atoms with E-state index in [4.69, 9.17) is 4.98 Å². The van der Waals surface area contributed by atoms with Crippen molar-refractivity contribution in [2.75, 3.05) is 11.9 Å². The molecule has 0 saturated heterocycles. The monoisotopic (exact) mass is 337 g/mol. The maximum absolute atomic E-state index is 4.73. The number of halogens is 1. The van der Waals surface area contributed by atoms with Crippen LogP contribution in [0.4, 0.5) is 5.82 Å². The fraction of sp³-hybridized carbons (Fsp3) is 0.429. The molecule has 0 atom stereocenters. The van der Waals surface area contributed by atoms with Crippen molar-refractivity contribution in [1.82, 2.24) is 9.97 Å². The Bertz CT molecular complexity index is 578. The molecule has 0 aromatic carbocycles. The number of thiophene rings is 1. The van der Waals surface area contributed by atoms with E-state index < -0.39 is 0 Å². The minimum atomic E-state index is 0.569. The first kappa shape index (κ1) is 13.1. The first-order chi connectivity index (χ1) is 9.28. The standard InChI is InChI=1S/C14H16BrN3S/c1-2-5-16-13-6-12(10-7-19-8-11(10)15)17-14(18-13)9-3-4-9/h6-9H,2-5H2,1H3,(H,16,17,18). The minimum Gasteiger partial charge on any atom is -0.370 e. The second kappa shape index (κ2) is 5.59. The van der Waals surface area contributed by atoms with Gasteiger partial charge < -0.3 is 5.32 Å². The third kappa shape index (κ3) is 2.98. The van der Waals surface area contributed by atoms with Crippen molar-refractivity contribution in [3.63, 3.8) is 0 Å². The van der Waals surface area contributed by atoms with Gasteiger partial charge in [0, 0.05) is 39.3 Å². The quantitative estimate of drug-likeness (QED) is 0.861. The molecule has 3 nitrogen and oxygen atoms in total. The Morgan fingerprint density at radius 1 is 1.37 bits per heavy atom. The summed E-state index contributed by atoms with van der Waals surface area (Å²) in [6, 6.07) is 2.05. The van der Waals surface area contributed by atoms with Gasteiger partial charge in [-0.15, -0.1) is 0 Å². The molecule has 0 aliphatic heterocycles. The van der Waals surface area contributed by atoms with Gasteiger partial charge >= 0.3 is 0 Å². The summed E-state index contributed by atoms with van der Waals surface area (Å²) in [4.78, 5) is 9.37. The lowest BCUT2D eigenvalue weighted by Gasteiger charge is -2.09. The van der Waals surface area contributed by atoms with Crippen molar-refractivity contribution in [3.05, 3.63) is 27.1 Å². The van der Waals surface area contributed by atoms with Crippen LogP contribution in [0.3, 0.4) is 0 Å². The average molecular weight is 338 g/mol. The van der Waals surface area contributed by atoms with Crippen molar-refractivity contribution >= 4 is 33.1 Å². The molecule has 1 aliphatic carbocycles. The van der Waals surface area contributed by atoms with Gasteiger partial charge in [0.15, 0.2) is 0 Å². The highest BCUT2D eigenvalue weighted by atomic mass is 79.9. The smallest absolute Gasteiger partial charge is 0.134 e.